The molecule has 0 aliphatic carbocycles. The number of anilines is 2. The molecule has 0 spiro atoms. The van der Waals surface area contributed by atoms with Gasteiger partial charge in [-0.05, 0) is 23.6 Å². The third-order valence-corrected chi connectivity index (χ3v) is 6.59. The number of urea groups is 1. The Labute approximate surface area is 189 Å². The summed E-state index contributed by atoms with van der Waals surface area (Å²) in [6.07, 6.45) is 1.60. The number of fused-ring (bicyclic) bond motifs is 1. The summed E-state index contributed by atoms with van der Waals surface area (Å²) in [4.78, 5) is 44.3. The van der Waals surface area contributed by atoms with Crippen LogP contribution in [0.15, 0.2) is 35.1 Å². The van der Waals surface area contributed by atoms with Crippen molar-refractivity contribution in [3.8, 4) is 0 Å². The molecule has 1 fully saturated rings. The first-order chi connectivity index (χ1) is 15.2. The number of thiophene rings is 1. The van der Waals surface area contributed by atoms with E-state index >= 15 is 0 Å². The zero-order valence-electron chi connectivity index (χ0n) is 18.2. The lowest BCUT2D eigenvalue weighted by Gasteiger charge is -2.20. The van der Waals surface area contributed by atoms with Crippen molar-refractivity contribution >= 4 is 51.0 Å². The van der Waals surface area contributed by atoms with Gasteiger partial charge in [0.1, 0.15) is 10.5 Å². The molecule has 1 aliphatic rings. The maximum absolute atomic E-state index is 13.3. The fourth-order valence-corrected chi connectivity index (χ4v) is 4.45. The van der Waals surface area contributed by atoms with Crippen LogP contribution in [0, 0.1) is 0 Å². The third-order valence-electron chi connectivity index (χ3n) is 5.12. The van der Waals surface area contributed by atoms with E-state index in [4.69, 9.17) is 4.42 Å². The summed E-state index contributed by atoms with van der Waals surface area (Å²) >= 11 is 1.38. The van der Waals surface area contributed by atoms with Gasteiger partial charge in [-0.2, -0.15) is 0 Å². The molecule has 168 valence electrons. The Morgan fingerprint density at radius 3 is 2.78 bits per heavy atom. The highest BCUT2D eigenvalue weighted by molar-refractivity contribution is 7.16. The molecule has 0 unspecified atom stereocenters. The van der Waals surface area contributed by atoms with Crippen molar-refractivity contribution in [2.24, 2.45) is 0 Å². The maximum atomic E-state index is 13.3. The zero-order chi connectivity index (χ0) is 22.9. The number of benzene rings is 1. The highest BCUT2D eigenvalue weighted by Gasteiger charge is 2.28. The van der Waals surface area contributed by atoms with Crippen LogP contribution in [-0.2, 0) is 10.2 Å². The van der Waals surface area contributed by atoms with Crippen molar-refractivity contribution in [2.45, 2.75) is 32.6 Å². The lowest BCUT2D eigenvalue weighted by atomic mass is 9.94. The van der Waals surface area contributed by atoms with Gasteiger partial charge in [-0.25, -0.2) is 9.78 Å². The molecule has 1 aliphatic heterocycles. The normalized spacial score (nSPS) is 14.7. The second-order valence-electron chi connectivity index (χ2n) is 8.61. The Morgan fingerprint density at radius 1 is 1.19 bits per heavy atom. The fourth-order valence-electron chi connectivity index (χ4n) is 3.35. The molecule has 3 heterocycles. The van der Waals surface area contributed by atoms with Crippen LogP contribution >= 0.6 is 11.3 Å². The number of carbonyl (C=O) groups excluding carboxylic acids is 3. The van der Waals surface area contributed by atoms with Gasteiger partial charge in [0, 0.05) is 42.7 Å². The van der Waals surface area contributed by atoms with Crippen LogP contribution in [-0.4, -0.2) is 47.4 Å². The van der Waals surface area contributed by atoms with E-state index in [0.717, 1.165) is 4.88 Å². The van der Waals surface area contributed by atoms with Crippen molar-refractivity contribution in [1.29, 1.82) is 0 Å². The SMILES string of the molecule is CC(C)(C)c1cc(C(=O)N2CCNC(=O)CC2)c(NC(=O)Nc2ccc3ncoc3c2)s1. The van der Waals surface area contributed by atoms with Crippen LogP contribution < -0.4 is 16.0 Å². The molecule has 32 heavy (non-hydrogen) atoms. The molecule has 1 saturated heterocycles. The second-order valence-corrected chi connectivity index (χ2v) is 9.66. The second kappa shape index (κ2) is 8.62. The predicted molar refractivity (Wildman–Crippen MR) is 123 cm³/mol. The number of nitrogens with one attached hydrogen (secondary N) is 3. The minimum atomic E-state index is -0.465. The predicted octanol–water partition coefficient (Wildman–Crippen LogP) is 3.79. The van der Waals surface area contributed by atoms with Crippen molar-refractivity contribution in [1.82, 2.24) is 15.2 Å². The van der Waals surface area contributed by atoms with Gasteiger partial charge in [0.05, 0.1) is 5.56 Å². The van der Waals surface area contributed by atoms with Crippen LogP contribution in [0.3, 0.4) is 0 Å². The largest absolute Gasteiger partial charge is 0.443 e. The summed E-state index contributed by atoms with van der Waals surface area (Å²) in [6.45, 7) is 7.34. The average molecular weight is 456 g/mol. The standard InChI is InChI=1S/C22H25N5O4S/c1-22(2,3)17-11-14(20(29)27-8-6-18(28)23-7-9-27)19(32-17)26-21(30)25-13-4-5-15-16(10-13)31-12-24-15/h4-5,10-12H,6-9H2,1-3H3,(H,23,28)(H2,25,26,30). The topological polar surface area (TPSA) is 117 Å². The van der Waals surface area contributed by atoms with Crippen LogP contribution in [0.1, 0.15) is 42.4 Å². The van der Waals surface area contributed by atoms with Gasteiger partial charge >= 0.3 is 6.03 Å². The van der Waals surface area contributed by atoms with E-state index in [1.54, 1.807) is 23.1 Å². The summed E-state index contributed by atoms with van der Waals surface area (Å²) in [5.41, 5.74) is 2.04. The molecule has 3 aromatic rings. The van der Waals surface area contributed by atoms with Crippen LogP contribution in [0.25, 0.3) is 11.1 Å². The molecule has 0 bridgehead atoms. The molecule has 1 aromatic carbocycles. The van der Waals surface area contributed by atoms with Gasteiger partial charge in [0.2, 0.25) is 5.91 Å². The number of carbonyl (C=O) groups is 3. The number of hydrogen-bond donors (Lipinski definition) is 3. The Bertz CT molecular complexity index is 1180. The molecular weight excluding hydrogens is 430 g/mol. The van der Waals surface area contributed by atoms with Gasteiger partial charge in [0.25, 0.3) is 5.91 Å². The number of nitrogens with zero attached hydrogens (tertiary/aromatic N) is 2. The quantitative estimate of drug-likeness (QED) is 0.556. The van der Waals surface area contributed by atoms with Crippen LogP contribution in [0.5, 0.6) is 0 Å². The van der Waals surface area contributed by atoms with E-state index in [1.165, 1.54) is 17.7 Å². The molecule has 4 amide bonds. The van der Waals surface area contributed by atoms with Crippen molar-refractivity contribution in [3.05, 3.63) is 41.1 Å². The number of hydrogen-bond acceptors (Lipinski definition) is 6. The van der Waals surface area contributed by atoms with E-state index in [2.05, 4.69) is 41.7 Å². The third kappa shape index (κ3) is 4.75. The molecular formula is C22H25N5O4S. The van der Waals surface area contributed by atoms with Crippen molar-refractivity contribution in [3.63, 3.8) is 0 Å². The van der Waals surface area contributed by atoms with Crippen molar-refractivity contribution < 1.29 is 18.8 Å². The summed E-state index contributed by atoms with van der Waals surface area (Å²) in [6, 6.07) is 6.54. The highest BCUT2D eigenvalue weighted by Crippen LogP contribution is 2.37. The smallest absolute Gasteiger partial charge is 0.324 e. The number of oxazole rings is 1. The molecule has 0 atom stereocenters. The first-order valence-corrected chi connectivity index (χ1v) is 11.1. The minimum Gasteiger partial charge on any atom is -0.443 e. The van der Waals surface area contributed by atoms with Gasteiger partial charge in [0.15, 0.2) is 12.0 Å². The minimum absolute atomic E-state index is 0.0672. The Kier molecular flexibility index (Phi) is 5.88. The summed E-state index contributed by atoms with van der Waals surface area (Å²) in [5.74, 6) is -0.269. The summed E-state index contributed by atoms with van der Waals surface area (Å²) in [7, 11) is 0. The van der Waals surface area contributed by atoms with Crippen LogP contribution in [0.2, 0.25) is 0 Å². The van der Waals surface area contributed by atoms with E-state index in [9.17, 15) is 14.4 Å². The molecule has 4 rings (SSSR count). The molecule has 0 saturated carbocycles. The zero-order valence-corrected chi connectivity index (χ0v) is 19.0. The van der Waals surface area contributed by atoms with E-state index in [0.29, 0.717) is 47.0 Å². The summed E-state index contributed by atoms with van der Waals surface area (Å²) < 4.78 is 5.27. The van der Waals surface area contributed by atoms with Gasteiger partial charge in [-0.15, -0.1) is 11.3 Å². The monoisotopic (exact) mass is 455 g/mol. The van der Waals surface area contributed by atoms with E-state index < -0.39 is 6.03 Å². The lowest BCUT2D eigenvalue weighted by Crippen LogP contribution is -2.34. The number of amides is 4. The maximum Gasteiger partial charge on any atom is 0.324 e. The van der Waals surface area contributed by atoms with Gasteiger partial charge in [-0.1, -0.05) is 20.8 Å². The van der Waals surface area contributed by atoms with Crippen molar-refractivity contribution in [2.75, 3.05) is 30.3 Å². The van der Waals surface area contributed by atoms with Gasteiger partial charge < -0.3 is 20.0 Å². The lowest BCUT2D eigenvalue weighted by molar-refractivity contribution is -0.120. The summed E-state index contributed by atoms with van der Waals surface area (Å²) in [5, 5.41) is 8.85. The Balaban J connectivity index is 1.56. The molecule has 0 radical (unpaired) electrons. The van der Waals surface area contributed by atoms with Gasteiger partial charge in [-0.3, -0.25) is 14.9 Å². The molecule has 9 nitrogen and oxygen atoms in total. The first-order valence-electron chi connectivity index (χ1n) is 10.3. The Hall–Kier alpha value is -3.40. The van der Waals surface area contributed by atoms with Crippen LogP contribution in [0.4, 0.5) is 15.5 Å². The van der Waals surface area contributed by atoms with E-state index in [-0.39, 0.29) is 23.7 Å². The first kappa shape index (κ1) is 21.8. The number of aromatic nitrogens is 1. The van der Waals surface area contributed by atoms with E-state index in [1.807, 2.05) is 6.07 Å². The molecule has 2 aromatic heterocycles. The average Bonchev–Trinajstić information content (AvgIpc) is 3.30. The highest BCUT2D eigenvalue weighted by atomic mass is 32.1. The molecule has 10 heteroatoms. The Morgan fingerprint density at radius 2 is 2.00 bits per heavy atom. The number of rotatable bonds is 3. The fraction of sp³-hybridized carbons (Fsp3) is 0.364. The molecule has 3 N–H and O–H groups in total.